The van der Waals surface area contributed by atoms with Crippen LogP contribution in [0.5, 0.6) is 5.75 Å². The Kier molecular flexibility index (Phi) is 4.64. The van der Waals surface area contributed by atoms with E-state index >= 15 is 0 Å². The number of ether oxygens (including phenoxy) is 1. The molecule has 0 saturated carbocycles. The summed E-state index contributed by atoms with van der Waals surface area (Å²) in [6.45, 7) is 0. The predicted octanol–water partition coefficient (Wildman–Crippen LogP) is 5.49. The normalized spacial score (nSPS) is 10.6. The van der Waals surface area contributed by atoms with Crippen LogP contribution in [0.2, 0.25) is 0 Å². The van der Waals surface area contributed by atoms with Crippen molar-refractivity contribution in [2.24, 2.45) is 0 Å². The minimum Gasteiger partial charge on any atom is -0.422 e. The maximum absolute atomic E-state index is 12.2. The molecule has 0 heterocycles. The van der Waals surface area contributed by atoms with Crippen molar-refractivity contribution in [2.45, 2.75) is 0 Å². The molecule has 0 saturated heterocycles. The van der Waals surface area contributed by atoms with E-state index in [2.05, 4.69) is 31.9 Å². The predicted molar refractivity (Wildman–Crippen MR) is 97.4 cm³/mol. The summed E-state index contributed by atoms with van der Waals surface area (Å²) in [7, 11) is 0. The van der Waals surface area contributed by atoms with E-state index in [1.165, 1.54) is 24.3 Å². The Morgan fingerprint density at radius 3 is 2.38 bits per heavy atom. The molecule has 0 unspecified atom stereocenters. The first-order valence-electron chi connectivity index (χ1n) is 6.80. The van der Waals surface area contributed by atoms with Gasteiger partial charge < -0.3 is 4.74 Å². The number of nitro benzene ring substituents is 1. The van der Waals surface area contributed by atoms with Crippen LogP contribution in [0.15, 0.2) is 63.5 Å². The molecule has 0 aliphatic carbocycles. The first kappa shape index (κ1) is 16.6. The number of rotatable bonds is 3. The molecular weight excluding hydrogens is 442 g/mol. The highest BCUT2D eigenvalue weighted by Crippen LogP contribution is 2.34. The van der Waals surface area contributed by atoms with Gasteiger partial charge in [-0.3, -0.25) is 10.1 Å². The van der Waals surface area contributed by atoms with Crippen molar-refractivity contribution in [3.05, 3.63) is 79.2 Å². The maximum atomic E-state index is 12.2. The van der Waals surface area contributed by atoms with Crippen molar-refractivity contribution < 1.29 is 14.5 Å². The van der Waals surface area contributed by atoms with E-state index in [0.717, 1.165) is 15.2 Å². The van der Waals surface area contributed by atoms with Crippen LogP contribution in [0.3, 0.4) is 0 Å². The summed E-state index contributed by atoms with van der Waals surface area (Å²) >= 11 is 6.87. The Balaban J connectivity index is 1.89. The molecule has 0 fully saturated rings. The molecule has 0 aliphatic rings. The van der Waals surface area contributed by atoms with Gasteiger partial charge in [-0.25, -0.2) is 4.79 Å². The van der Waals surface area contributed by atoms with Crippen LogP contribution in [-0.2, 0) is 0 Å². The second-order valence-electron chi connectivity index (χ2n) is 4.94. The zero-order valence-electron chi connectivity index (χ0n) is 12.0. The monoisotopic (exact) mass is 449 g/mol. The van der Waals surface area contributed by atoms with Gasteiger partial charge in [0.15, 0.2) is 0 Å². The summed E-state index contributed by atoms with van der Waals surface area (Å²) in [5.41, 5.74) is 0.160. The number of hydrogen-bond donors (Lipinski definition) is 0. The van der Waals surface area contributed by atoms with E-state index < -0.39 is 10.9 Å². The van der Waals surface area contributed by atoms with E-state index in [4.69, 9.17) is 4.74 Å². The van der Waals surface area contributed by atoms with Crippen LogP contribution in [0.25, 0.3) is 10.8 Å². The molecule has 0 aromatic heterocycles. The molecule has 0 amide bonds. The lowest BCUT2D eigenvalue weighted by atomic mass is 10.1. The van der Waals surface area contributed by atoms with Crippen molar-refractivity contribution in [3.8, 4) is 5.75 Å². The molecule has 24 heavy (non-hydrogen) atoms. The van der Waals surface area contributed by atoms with Gasteiger partial charge in [0, 0.05) is 16.6 Å². The molecule has 0 N–H and O–H groups in total. The highest BCUT2D eigenvalue weighted by molar-refractivity contribution is 9.11. The number of esters is 1. The second-order valence-corrected chi connectivity index (χ2v) is 6.65. The number of fused-ring (bicyclic) bond motifs is 1. The molecule has 120 valence electrons. The summed E-state index contributed by atoms with van der Waals surface area (Å²) in [5.74, 6) is -0.199. The fourth-order valence-corrected chi connectivity index (χ4v) is 3.15. The third kappa shape index (κ3) is 3.32. The maximum Gasteiger partial charge on any atom is 0.343 e. The third-order valence-corrected chi connectivity index (χ3v) is 4.71. The zero-order chi connectivity index (χ0) is 17.3. The van der Waals surface area contributed by atoms with Crippen LogP contribution in [0.1, 0.15) is 10.4 Å². The minimum atomic E-state index is -0.581. The van der Waals surface area contributed by atoms with E-state index in [9.17, 15) is 14.9 Å². The highest BCUT2D eigenvalue weighted by atomic mass is 79.9. The van der Waals surface area contributed by atoms with Gasteiger partial charge in [-0.05, 0) is 57.0 Å². The number of non-ortho nitro benzene ring substituents is 1. The summed E-state index contributed by atoms with van der Waals surface area (Å²) in [4.78, 5) is 22.3. The van der Waals surface area contributed by atoms with Crippen molar-refractivity contribution >= 4 is 54.3 Å². The molecular formula is C17H9Br2NO4. The van der Waals surface area contributed by atoms with Crippen LogP contribution in [0.4, 0.5) is 5.69 Å². The Hall–Kier alpha value is -2.25. The Bertz CT molecular complexity index is 955. The fourth-order valence-electron chi connectivity index (χ4n) is 2.20. The summed E-state index contributed by atoms with van der Waals surface area (Å²) in [6, 6.07) is 14.6. The molecule has 7 heteroatoms. The Morgan fingerprint density at radius 2 is 1.71 bits per heavy atom. The lowest BCUT2D eigenvalue weighted by Gasteiger charge is -2.09. The largest absolute Gasteiger partial charge is 0.422 e. The minimum absolute atomic E-state index is 0.0796. The smallest absolute Gasteiger partial charge is 0.343 e. The van der Waals surface area contributed by atoms with Crippen molar-refractivity contribution in [1.29, 1.82) is 0 Å². The number of nitro groups is 1. The van der Waals surface area contributed by atoms with Gasteiger partial charge in [-0.2, -0.15) is 0 Å². The molecule has 0 atom stereocenters. The average Bonchev–Trinajstić information content (AvgIpc) is 2.57. The first-order valence-corrected chi connectivity index (χ1v) is 8.39. The lowest BCUT2D eigenvalue weighted by Crippen LogP contribution is -2.08. The lowest BCUT2D eigenvalue weighted by molar-refractivity contribution is -0.384. The van der Waals surface area contributed by atoms with Gasteiger partial charge in [0.2, 0.25) is 0 Å². The van der Waals surface area contributed by atoms with Gasteiger partial charge in [-0.15, -0.1) is 0 Å². The molecule has 0 aliphatic heterocycles. The quantitative estimate of drug-likeness (QED) is 0.229. The zero-order valence-corrected chi connectivity index (χ0v) is 15.2. The standard InChI is InChI=1S/C17H9Br2NO4/c18-12-4-7-14-11(9-12)3-8-15(16(14)19)24-17(21)10-1-5-13(6-2-10)20(22)23/h1-9H. The number of carbonyl (C=O) groups is 1. The van der Waals surface area contributed by atoms with Crippen LogP contribution < -0.4 is 4.74 Å². The number of nitrogens with zero attached hydrogens (tertiary/aromatic N) is 1. The van der Waals surface area contributed by atoms with Crippen LogP contribution >= 0.6 is 31.9 Å². The highest BCUT2D eigenvalue weighted by Gasteiger charge is 2.14. The molecule has 3 rings (SSSR count). The summed E-state index contributed by atoms with van der Waals surface area (Å²) < 4.78 is 7.03. The fraction of sp³-hybridized carbons (Fsp3) is 0. The molecule has 0 spiro atoms. The van der Waals surface area contributed by atoms with Gasteiger partial charge in [-0.1, -0.05) is 28.1 Å². The van der Waals surface area contributed by atoms with Crippen molar-refractivity contribution in [1.82, 2.24) is 0 Å². The number of halogens is 2. The topological polar surface area (TPSA) is 69.4 Å². The number of benzene rings is 3. The van der Waals surface area contributed by atoms with Gasteiger partial charge in [0.05, 0.1) is 15.0 Å². The van der Waals surface area contributed by atoms with Gasteiger partial charge in [0.1, 0.15) is 5.75 Å². The number of hydrogen-bond acceptors (Lipinski definition) is 4. The average molecular weight is 451 g/mol. The summed E-state index contributed by atoms with van der Waals surface area (Å²) in [5, 5.41) is 12.5. The van der Waals surface area contributed by atoms with Crippen LogP contribution in [-0.4, -0.2) is 10.9 Å². The summed E-state index contributed by atoms with van der Waals surface area (Å²) in [6.07, 6.45) is 0. The van der Waals surface area contributed by atoms with Gasteiger partial charge in [0.25, 0.3) is 5.69 Å². The van der Waals surface area contributed by atoms with Gasteiger partial charge >= 0.3 is 5.97 Å². The Labute approximate surface area is 153 Å². The Morgan fingerprint density at radius 1 is 1.00 bits per heavy atom. The molecule has 0 bridgehead atoms. The SMILES string of the molecule is O=C(Oc1ccc2cc(Br)ccc2c1Br)c1ccc([N+](=O)[O-])cc1. The van der Waals surface area contributed by atoms with Crippen molar-refractivity contribution in [3.63, 3.8) is 0 Å². The molecule has 3 aromatic carbocycles. The molecule has 3 aromatic rings. The number of carbonyl (C=O) groups excluding carboxylic acids is 1. The van der Waals surface area contributed by atoms with E-state index in [1.807, 2.05) is 24.3 Å². The van der Waals surface area contributed by atoms with E-state index in [0.29, 0.717) is 10.2 Å². The van der Waals surface area contributed by atoms with Crippen LogP contribution in [0, 0.1) is 10.1 Å². The van der Waals surface area contributed by atoms with E-state index in [1.54, 1.807) is 6.07 Å². The second kappa shape index (κ2) is 6.70. The van der Waals surface area contributed by atoms with E-state index in [-0.39, 0.29) is 11.3 Å². The molecule has 5 nitrogen and oxygen atoms in total. The molecule has 0 radical (unpaired) electrons. The first-order chi connectivity index (χ1) is 11.5. The van der Waals surface area contributed by atoms with Crippen molar-refractivity contribution in [2.75, 3.05) is 0 Å². The third-order valence-electron chi connectivity index (χ3n) is 3.40.